The number of epoxide rings is 1. The Balaban J connectivity index is 1.53. The topological polar surface area (TPSA) is 95.3 Å². The molecule has 0 radical (unpaired) electrons. The van der Waals surface area contributed by atoms with Gasteiger partial charge in [0.05, 0.1) is 17.9 Å². The second-order valence-electron chi connectivity index (χ2n) is 11.7. The number of ketones is 1. The number of ether oxygens (including phenoxy) is 3. The van der Waals surface area contributed by atoms with Crippen LogP contribution in [0.15, 0.2) is 35.2 Å². The highest BCUT2D eigenvalue weighted by molar-refractivity contribution is 5.93. The number of rotatable bonds is 1. The highest BCUT2D eigenvalue weighted by Crippen LogP contribution is 2.78. The summed E-state index contributed by atoms with van der Waals surface area (Å²) in [7, 11) is 0. The van der Waals surface area contributed by atoms with E-state index < -0.39 is 45.6 Å². The van der Waals surface area contributed by atoms with Crippen LogP contribution in [0.4, 0.5) is 0 Å². The molecule has 1 aromatic rings. The Morgan fingerprint density at radius 3 is 2.45 bits per heavy atom. The molecule has 0 aromatic carbocycles. The van der Waals surface area contributed by atoms with Gasteiger partial charge in [-0.25, -0.2) is 9.59 Å². The number of carbonyl (C=O) groups excluding carboxylic acids is 3. The van der Waals surface area contributed by atoms with Gasteiger partial charge in [0.2, 0.25) is 0 Å². The summed E-state index contributed by atoms with van der Waals surface area (Å²) >= 11 is 0. The van der Waals surface area contributed by atoms with Crippen molar-refractivity contribution in [2.45, 2.75) is 77.3 Å². The number of allylic oxidation sites excluding steroid dienone is 1. The maximum absolute atomic E-state index is 14.1. The van der Waals surface area contributed by atoms with E-state index in [4.69, 9.17) is 18.6 Å². The van der Waals surface area contributed by atoms with Gasteiger partial charge in [-0.3, -0.25) is 4.79 Å². The summed E-state index contributed by atoms with van der Waals surface area (Å²) in [6.45, 7) is 9.99. The molecule has 1 aromatic heterocycles. The van der Waals surface area contributed by atoms with Gasteiger partial charge in [-0.05, 0) is 51.0 Å². The van der Waals surface area contributed by atoms with E-state index in [2.05, 4.69) is 13.8 Å². The first-order valence-corrected chi connectivity index (χ1v) is 11.8. The number of Topliss-reactive ketones (excluding diaryl/α,β-unsaturated/α-hetero) is 1. The van der Waals surface area contributed by atoms with Gasteiger partial charge in [-0.15, -0.1) is 0 Å². The molecule has 4 fully saturated rings. The van der Waals surface area contributed by atoms with Crippen LogP contribution in [0.1, 0.15) is 65.5 Å². The molecule has 4 heterocycles. The van der Waals surface area contributed by atoms with E-state index in [-0.39, 0.29) is 30.0 Å². The normalized spacial score (nSPS) is 49.5. The van der Waals surface area contributed by atoms with Crippen LogP contribution in [-0.2, 0) is 28.6 Å². The summed E-state index contributed by atoms with van der Waals surface area (Å²) in [5.74, 6) is -1.02. The zero-order valence-electron chi connectivity index (χ0n) is 19.7. The van der Waals surface area contributed by atoms with Crippen LogP contribution < -0.4 is 0 Å². The minimum atomic E-state index is -0.958. The van der Waals surface area contributed by atoms with Crippen LogP contribution in [0.25, 0.3) is 0 Å². The average Bonchev–Trinajstić information content (AvgIpc) is 3.33. The summed E-state index contributed by atoms with van der Waals surface area (Å²) < 4.78 is 23.3. The molecule has 7 nitrogen and oxygen atoms in total. The van der Waals surface area contributed by atoms with Crippen molar-refractivity contribution in [1.82, 2.24) is 0 Å². The van der Waals surface area contributed by atoms with Gasteiger partial charge >= 0.3 is 11.9 Å². The maximum atomic E-state index is 14.1. The van der Waals surface area contributed by atoms with Crippen molar-refractivity contribution in [3.05, 3.63) is 36.3 Å². The second-order valence-corrected chi connectivity index (χ2v) is 11.7. The van der Waals surface area contributed by atoms with Gasteiger partial charge in [0.1, 0.15) is 23.1 Å². The van der Waals surface area contributed by atoms with Crippen LogP contribution in [0.5, 0.6) is 0 Å². The number of esters is 2. The van der Waals surface area contributed by atoms with Gasteiger partial charge in [0, 0.05) is 29.4 Å². The van der Waals surface area contributed by atoms with E-state index >= 15 is 0 Å². The Kier molecular flexibility index (Phi) is 3.83. The third-order valence-corrected chi connectivity index (χ3v) is 10.0. The predicted octanol–water partition coefficient (Wildman–Crippen LogP) is 3.92. The number of fused-ring (bicyclic) bond motifs is 3. The van der Waals surface area contributed by atoms with E-state index in [1.54, 1.807) is 12.5 Å². The zero-order valence-corrected chi connectivity index (χ0v) is 19.7. The lowest BCUT2D eigenvalue weighted by Gasteiger charge is -2.64. The molecule has 0 unspecified atom stereocenters. The molecular formula is C26H30O7. The molecule has 176 valence electrons. The van der Waals surface area contributed by atoms with E-state index in [9.17, 15) is 14.4 Å². The summed E-state index contributed by atoms with van der Waals surface area (Å²) in [5.41, 5.74) is -2.94. The number of furan rings is 1. The fraction of sp³-hybridized carbons (Fsp3) is 0.654. The fourth-order valence-corrected chi connectivity index (χ4v) is 8.49. The third-order valence-electron chi connectivity index (χ3n) is 10.0. The van der Waals surface area contributed by atoms with Gasteiger partial charge < -0.3 is 18.6 Å². The van der Waals surface area contributed by atoms with E-state index in [0.29, 0.717) is 6.42 Å². The zero-order chi connectivity index (χ0) is 23.6. The molecule has 5 aliphatic rings. The van der Waals surface area contributed by atoms with Crippen molar-refractivity contribution in [2.75, 3.05) is 0 Å². The fourth-order valence-electron chi connectivity index (χ4n) is 8.49. The molecule has 1 spiro atoms. The Labute approximate surface area is 192 Å². The summed E-state index contributed by atoms with van der Waals surface area (Å²) in [5, 5.41) is 0. The van der Waals surface area contributed by atoms with E-state index in [0.717, 1.165) is 12.0 Å². The highest BCUT2D eigenvalue weighted by Gasteiger charge is 2.88. The molecular weight excluding hydrogens is 424 g/mol. The van der Waals surface area contributed by atoms with Crippen molar-refractivity contribution in [1.29, 1.82) is 0 Å². The summed E-state index contributed by atoms with van der Waals surface area (Å²) in [4.78, 5) is 39.6. The SMILES string of the molecule is CC1(C)OC(=O)C=C[C@@]2(C)[C@@H]1CC(=O)[C@]1(C)[C@@H]2CC[C@@]2(C)[C@H](c3ccoc3)OC(=O)[C@H]3O[C@@]321. The number of cyclic esters (lactones) is 2. The van der Waals surface area contributed by atoms with E-state index in [1.165, 1.54) is 6.08 Å². The van der Waals surface area contributed by atoms with Crippen molar-refractivity contribution in [3.8, 4) is 0 Å². The van der Waals surface area contributed by atoms with Crippen molar-refractivity contribution in [3.63, 3.8) is 0 Å². The van der Waals surface area contributed by atoms with Crippen LogP contribution in [-0.4, -0.2) is 35.0 Å². The van der Waals surface area contributed by atoms with Crippen molar-refractivity contribution >= 4 is 17.7 Å². The van der Waals surface area contributed by atoms with Crippen LogP contribution in [0.2, 0.25) is 0 Å². The third kappa shape index (κ3) is 2.23. The highest BCUT2D eigenvalue weighted by atomic mass is 16.7. The molecule has 7 heteroatoms. The lowest BCUT2D eigenvalue weighted by molar-refractivity contribution is -0.215. The second kappa shape index (κ2) is 5.98. The smallest absolute Gasteiger partial charge is 0.339 e. The van der Waals surface area contributed by atoms with Crippen molar-refractivity contribution < 1.29 is 33.0 Å². The number of carbonyl (C=O) groups is 3. The number of hydrogen-bond acceptors (Lipinski definition) is 7. The largest absolute Gasteiger partial charge is 0.472 e. The molecule has 2 saturated carbocycles. The predicted molar refractivity (Wildman–Crippen MR) is 115 cm³/mol. The first-order valence-electron chi connectivity index (χ1n) is 11.8. The molecule has 2 aliphatic carbocycles. The molecule has 6 rings (SSSR count). The molecule has 33 heavy (non-hydrogen) atoms. The van der Waals surface area contributed by atoms with Gasteiger partial charge in [-0.2, -0.15) is 0 Å². The van der Waals surface area contributed by atoms with Crippen molar-refractivity contribution in [2.24, 2.45) is 28.1 Å². The standard InChI is InChI=1S/C26H30O7/c1-22(2)16-12-17(27)25(5)15(23(16,3)9-7-18(28)32-22)6-10-24(4)19(14-8-11-30-13-14)31-21(29)20-26(24,25)33-20/h7-9,11,13,15-16,19-20H,6,10,12H2,1-5H3/t15-,16-,19+,20-,23-,24+,25+,26+/m1/s1. The summed E-state index contributed by atoms with van der Waals surface area (Å²) in [6.07, 6.45) is 7.04. The molecule has 2 saturated heterocycles. The summed E-state index contributed by atoms with van der Waals surface area (Å²) in [6, 6.07) is 1.81. The van der Waals surface area contributed by atoms with E-state index in [1.807, 2.05) is 32.9 Å². The minimum absolute atomic E-state index is 0.0727. The van der Waals surface area contributed by atoms with Crippen LogP contribution >= 0.6 is 0 Å². The molecule has 8 atom stereocenters. The Bertz CT molecular complexity index is 1100. The monoisotopic (exact) mass is 454 g/mol. The molecule has 0 bridgehead atoms. The Morgan fingerprint density at radius 2 is 1.76 bits per heavy atom. The molecule has 3 aliphatic heterocycles. The molecule has 0 N–H and O–H groups in total. The minimum Gasteiger partial charge on any atom is -0.472 e. The van der Waals surface area contributed by atoms with Crippen LogP contribution in [0, 0.1) is 28.1 Å². The average molecular weight is 455 g/mol. The lowest BCUT2D eigenvalue weighted by Crippen LogP contribution is -2.71. The molecule has 0 amide bonds. The lowest BCUT2D eigenvalue weighted by atomic mass is 9.37. The first kappa shape index (κ1) is 21.1. The van der Waals surface area contributed by atoms with Gasteiger partial charge in [0.25, 0.3) is 0 Å². The quantitative estimate of drug-likeness (QED) is 0.469. The number of hydrogen-bond donors (Lipinski definition) is 0. The maximum Gasteiger partial charge on any atom is 0.339 e. The van der Waals surface area contributed by atoms with Gasteiger partial charge in [-0.1, -0.05) is 19.9 Å². The first-order chi connectivity index (χ1) is 15.4. The van der Waals surface area contributed by atoms with Gasteiger partial charge in [0.15, 0.2) is 6.10 Å². The Hall–Kier alpha value is -2.41. The Morgan fingerprint density at radius 1 is 1.00 bits per heavy atom. The van der Waals surface area contributed by atoms with Crippen LogP contribution in [0.3, 0.4) is 0 Å².